The van der Waals surface area contributed by atoms with Crippen LogP contribution in [0.5, 0.6) is 11.5 Å². The van der Waals surface area contributed by atoms with Crippen molar-refractivity contribution in [2.24, 2.45) is 0 Å². The van der Waals surface area contributed by atoms with Gasteiger partial charge in [0.15, 0.2) is 11.5 Å². The van der Waals surface area contributed by atoms with E-state index in [0.29, 0.717) is 18.7 Å². The zero-order valence-electron chi connectivity index (χ0n) is 12.3. The normalized spacial score (nSPS) is 10.4. The third-order valence-electron chi connectivity index (χ3n) is 3.33. The van der Waals surface area contributed by atoms with Gasteiger partial charge < -0.3 is 15.2 Å². The molecule has 0 aliphatic rings. The van der Waals surface area contributed by atoms with E-state index in [4.69, 9.17) is 4.74 Å². The minimum absolute atomic E-state index is 0.120. The molecule has 2 aromatic carbocycles. The summed E-state index contributed by atoms with van der Waals surface area (Å²) < 4.78 is 5.00. The number of rotatable bonds is 7. The predicted octanol–water partition coefficient (Wildman–Crippen LogP) is 2.64. The van der Waals surface area contributed by atoms with Crippen LogP contribution in [0, 0.1) is 10.1 Å². The van der Waals surface area contributed by atoms with Crippen molar-refractivity contribution in [3.63, 3.8) is 0 Å². The summed E-state index contributed by atoms with van der Waals surface area (Å²) in [6, 6.07) is 12.6. The molecule has 0 aromatic heterocycles. The molecule has 0 amide bonds. The molecule has 0 saturated carbocycles. The van der Waals surface area contributed by atoms with Crippen LogP contribution in [-0.4, -0.2) is 23.7 Å². The maximum atomic E-state index is 11.1. The van der Waals surface area contributed by atoms with E-state index in [1.807, 2.05) is 30.3 Å². The van der Waals surface area contributed by atoms with E-state index in [1.165, 1.54) is 18.7 Å². The van der Waals surface area contributed by atoms with Crippen molar-refractivity contribution in [3.05, 3.63) is 63.7 Å². The highest BCUT2D eigenvalue weighted by Crippen LogP contribution is 2.33. The molecule has 0 saturated heterocycles. The summed E-state index contributed by atoms with van der Waals surface area (Å²) in [5, 5.41) is 23.9. The number of benzene rings is 2. The number of hydrogen-bond donors (Lipinski definition) is 2. The number of phenols is 1. The maximum absolute atomic E-state index is 11.1. The second-order valence-corrected chi connectivity index (χ2v) is 4.82. The Hall–Kier alpha value is -2.60. The third-order valence-corrected chi connectivity index (χ3v) is 3.33. The van der Waals surface area contributed by atoms with Crippen molar-refractivity contribution >= 4 is 5.69 Å². The zero-order chi connectivity index (χ0) is 15.9. The van der Waals surface area contributed by atoms with Crippen molar-refractivity contribution in [1.82, 2.24) is 5.32 Å². The van der Waals surface area contributed by atoms with Crippen molar-refractivity contribution in [3.8, 4) is 11.5 Å². The maximum Gasteiger partial charge on any atom is 0.277 e. The third kappa shape index (κ3) is 3.95. The van der Waals surface area contributed by atoms with Crippen molar-refractivity contribution < 1.29 is 14.8 Å². The molecule has 2 aromatic rings. The van der Waals surface area contributed by atoms with Gasteiger partial charge in [0.25, 0.3) is 5.69 Å². The molecule has 2 N–H and O–H groups in total. The highest BCUT2D eigenvalue weighted by atomic mass is 16.6. The van der Waals surface area contributed by atoms with Gasteiger partial charge in [-0.2, -0.15) is 0 Å². The fourth-order valence-electron chi connectivity index (χ4n) is 2.17. The quantitative estimate of drug-likeness (QED) is 0.466. The van der Waals surface area contributed by atoms with Gasteiger partial charge in [0.05, 0.1) is 18.1 Å². The van der Waals surface area contributed by atoms with Crippen LogP contribution in [0.3, 0.4) is 0 Å². The molecule has 0 fully saturated rings. The second-order valence-electron chi connectivity index (χ2n) is 4.82. The number of ether oxygens (including phenoxy) is 1. The molecule has 0 spiro atoms. The molecule has 0 heterocycles. The van der Waals surface area contributed by atoms with Crippen LogP contribution in [0.25, 0.3) is 0 Å². The lowest BCUT2D eigenvalue weighted by atomic mass is 10.1. The van der Waals surface area contributed by atoms with Gasteiger partial charge in [0.2, 0.25) is 0 Å². The molecule has 0 radical (unpaired) electrons. The number of methoxy groups -OCH3 is 1. The Morgan fingerprint density at radius 1 is 1.27 bits per heavy atom. The summed E-state index contributed by atoms with van der Waals surface area (Å²) >= 11 is 0. The van der Waals surface area contributed by atoms with E-state index in [0.717, 1.165) is 12.5 Å². The summed E-state index contributed by atoms with van der Waals surface area (Å²) in [6.07, 6.45) is 0.837. The van der Waals surface area contributed by atoms with Crippen molar-refractivity contribution in [2.75, 3.05) is 13.7 Å². The first-order chi connectivity index (χ1) is 10.6. The lowest BCUT2D eigenvalue weighted by molar-refractivity contribution is -0.385. The summed E-state index contributed by atoms with van der Waals surface area (Å²) in [5.74, 6) is -0.00676. The summed E-state index contributed by atoms with van der Waals surface area (Å²) in [5.41, 5.74) is 1.56. The summed E-state index contributed by atoms with van der Waals surface area (Å²) in [7, 11) is 1.41. The number of nitro groups is 1. The number of nitrogens with zero attached hydrogens (tertiary/aromatic N) is 1. The monoisotopic (exact) mass is 302 g/mol. The Morgan fingerprint density at radius 2 is 2.00 bits per heavy atom. The molecular formula is C16H18N2O4. The standard InChI is InChI=1S/C16H18N2O4/c1-22-16-9-13(14(18(20)21)10-15(16)19)11-17-8-7-12-5-3-2-4-6-12/h2-6,9-10,17,19H,7-8,11H2,1H3. The average Bonchev–Trinajstić information content (AvgIpc) is 2.53. The first-order valence-electron chi connectivity index (χ1n) is 6.90. The Balaban J connectivity index is 2.00. The van der Waals surface area contributed by atoms with Gasteiger partial charge in [-0.25, -0.2) is 0 Å². The zero-order valence-corrected chi connectivity index (χ0v) is 12.3. The fourth-order valence-corrected chi connectivity index (χ4v) is 2.17. The number of nitrogens with one attached hydrogen (secondary N) is 1. The summed E-state index contributed by atoms with van der Waals surface area (Å²) in [6.45, 7) is 1.03. The Labute approximate surface area is 128 Å². The minimum Gasteiger partial charge on any atom is -0.504 e. The molecule has 6 heteroatoms. The van der Waals surface area contributed by atoms with Crippen LogP contribution in [-0.2, 0) is 13.0 Å². The first-order valence-corrected chi connectivity index (χ1v) is 6.90. The Morgan fingerprint density at radius 3 is 2.64 bits per heavy atom. The van der Waals surface area contributed by atoms with Gasteiger partial charge >= 0.3 is 0 Å². The van der Waals surface area contributed by atoms with Gasteiger partial charge in [0, 0.05) is 12.1 Å². The van der Waals surface area contributed by atoms with Crippen LogP contribution in [0.2, 0.25) is 0 Å². The molecule has 22 heavy (non-hydrogen) atoms. The van der Waals surface area contributed by atoms with Gasteiger partial charge in [0.1, 0.15) is 0 Å². The van der Waals surface area contributed by atoms with Gasteiger partial charge in [-0.3, -0.25) is 10.1 Å². The van der Waals surface area contributed by atoms with Crippen LogP contribution >= 0.6 is 0 Å². The number of phenolic OH excluding ortho intramolecular Hbond substituents is 1. The van der Waals surface area contributed by atoms with E-state index >= 15 is 0 Å². The van der Waals surface area contributed by atoms with E-state index in [2.05, 4.69) is 5.32 Å². The molecule has 0 atom stereocenters. The second kappa shape index (κ2) is 7.42. The van der Waals surface area contributed by atoms with Gasteiger partial charge in [-0.15, -0.1) is 0 Å². The van der Waals surface area contributed by atoms with Crippen LogP contribution < -0.4 is 10.1 Å². The fraction of sp³-hybridized carbons (Fsp3) is 0.250. The van der Waals surface area contributed by atoms with Crippen molar-refractivity contribution in [2.45, 2.75) is 13.0 Å². The number of aromatic hydroxyl groups is 1. The van der Waals surface area contributed by atoms with Crippen LogP contribution in [0.1, 0.15) is 11.1 Å². The van der Waals surface area contributed by atoms with E-state index in [9.17, 15) is 15.2 Å². The predicted molar refractivity (Wildman–Crippen MR) is 83.2 cm³/mol. The largest absolute Gasteiger partial charge is 0.504 e. The van der Waals surface area contributed by atoms with Gasteiger partial charge in [-0.05, 0) is 24.6 Å². The van der Waals surface area contributed by atoms with Crippen molar-refractivity contribution in [1.29, 1.82) is 0 Å². The van der Waals surface area contributed by atoms with Gasteiger partial charge in [-0.1, -0.05) is 30.3 Å². The topological polar surface area (TPSA) is 84.6 Å². The molecule has 6 nitrogen and oxygen atoms in total. The molecule has 0 aliphatic heterocycles. The minimum atomic E-state index is -0.507. The van der Waals surface area contributed by atoms with E-state index < -0.39 is 4.92 Å². The molecule has 0 unspecified atom stereocenters. The van der Waals surface area contributed by atoms with Crippen LogP contribution in [0.4, 0.5) is 5.69 Å². The SMILES string of the molecule is COc1cc(CNCCc2ccccc2)c([N+](=O)[O-])cc1O. The van der Waals surface area contributed by atoms with E-state index in [-0.39, 0.29) is 17.2 Å². The van der Waals surface area contributed by atoms with Crippen LogP contribution in [0.15, 0.2) is 42.5 Å². The molecule has 0 bridgehead atoms. The molecule has 116 valence electrons. The highest BCUT2D eigenvalue weighted by molar-refractivity contribution is 5.53. The Bertz CT molecular complexity index is 644. The Kier molecular flexibility index (Phi) is 5.32. The lowest BCUT2D eigenvalue weighted by Gasteiger charge is -2.09. The lowest BCUT2D eigenvalue weighted by Crippen LogP contribution is -2.17. The molecule has 0 aliphatic carbocycles. The molecule has 2 rings (SSSR count). The highest BCUT2D eigenvalue weighted by Gasteiger charge is 2.18. The van der Waals surface area contributed by atoms with E-state index in [1.54, 1.807) is 0 Å². The smallest absolute Gasteiger partial charge is 0.277 e. The number of hydrogen-bond acceptors (Lipinski definition) is 5. The molecular weight excluding hydrogens is 284 g/mol. The first kappa shape index (κ1) is 15.8. The summed E-state index contributed by atoms with van der Waals surface area (Å²) in [4.78, 5) is 10.5. The average molecular weight is 302 g/mol. The number of nitro benzene ring substituents is 1.